The predicted molar refractivity (Wildman–Crippen MR) is 53.8 cm³/mol. The number of nitrogens with zero attached hydrogens (tertiary/aromatic N) is 2. The highest BCUT2D eigenvalue weighted by Crippen LogP contribution is 2.17. The molecule has 0 saturated heterocycles. The van der Waals surface area contributed by atoms with Crippen LogP contribution in [-0.4, -0.2) is 20.5 Å². The summed E-state index contributed by atoms with van der Waals surface area (Å²) < 4.78 is 1.96. The maximum Gasteiger partial charge on any atom is 0.309 e. The third kappa shape index (κ3) is 1.50. The quantitative estimate of drug-likeness (QED) is 0.836. The molecule has 0 bridgehead atoms. The minimum absolute atomic E-state index is 0.00243. The average Bonchev–Trinajstić information content (AvgIpc) is 2.61. The number of carboxylic acids is 1. The lowest BCUT2D eigenvalue weighted by Gasteiger charge is -1.90. The Morgan fingerprint density at radius 3 is 3.14 bits per heavy atom. The van der Waals surface area contributed by atoms with Crippen LogP contribution >= 0.6 is 11.3 Å². The summed E-state index contributed by atoms with van der Waals surface area (Å²) in [6, 6.07) is 0. The van der Waals surface area contributed by atoms with Crippen LogP contribution < -0.4 is 0 Å². The van der Waals surface area contributed by atoms with Crippen LogP contribution in [0.25, 0.3) is 4.96 Å². The number of fused-ring (bicyclic) bond motifs is 1. The van der Waals surface area contributed by atoms with E-state index in [1.165, 1.54) is 5.69 Å². The molecule has 2 aromatic rings. The number of hydrogen-bond donors (Lipinski definition) is 1. The maximum absolute atomic E-state index is 10.5. The van der Waals surface area contributed by atoms with E-state index in [4.69, 9.17) is 5.11 Å². The molecule has 2 aromatic heterocycles. The van der Waals surface area contributed by atoms with Gasteiger partial charge in [-0.2, -0.15) is 0 Å². The number of thiazole rings is 1. The van der Waals surface area contributed by atoms with Crippen molar-refractivity contribution < 1.29 is 9.90 Å². The second-order valence-corrected chi connectivity index (χ2v) is 3.87. The summed E-state index contributed by atoms with van der Waals surface area (Å²) in [7, 11) is 0. The number of imidazole rings is 1. The van der Waals surface area contributed by atoms with E-state index in [1.807, 2.05) is 9.78 Å². The number of aromatic nitrogens is 2. The summed E-state index contributed by atoms with van der Waals surface area (Å²) >= 11 is 1.55. The van der Waals surface area contributed by atoms with E-state index in [9.17, 15) is 4.79 Å². The van der Waals surface area contributed by atoms with Gasteiger partial charge in [0.05, 0.1) is 12.1 Å². The smallest absolute Gasteiger partial charge is 0.309 e. The van der Waals surface area contributed by atoms with Gasteiger partial charge in [-0.3, -0.25) is 9.20 Å². The fourth-order valence-corrected chi connectivity index (χ4v) is 2.35. The third-order valence-corrected chi connectivity index (χ3v) is 2.92. The van der Waals surface area contributed by atoms with E-state index in [0.29, 0.717) is 5.69 Å². The number of rotatable bonds is 3. The second-order valence-electron chi connectivity index (χ2n) is 3.04. The van der Waals surface area contributed by atoms with Gasteiger partial charge >= 0.3 is 5.97 Å². The van der Waals surface area contributed by atoms with Crippen LogP contribution in [0.15, 0.2) is 11.6 Å². The van der Waals surface area contributed by atoms with Gasteiger partial charge < -0.3 is 5.11 Å². The molecule has 0 amide bonds. The molecule has 0 aliphatic heterocycles. The monoisotopic (exact) mass is 210 g/mol. The van der Waals surface area contributed by atoms with Crippen LogP contribution in [0.2, 0.25) is 0 Å². The molecule has 5 heteroatoms. The Morgan fingerprint density at radius 2 is 2.50 bits per heavy atom. The van der Waals surface area contributed by atoms with Crippen molar-refractivity contribution in [2.45, 2.75) is 19.8 Å². The van der Waals surface area contributed by atoms with E-state index >= 15 is 0 Å². The van der Waals surface area contributed by atoms with Gasteiger partial charge in [0.15, 0.2) is 4.96 Å². The van der Waals surface area contributed by atoms with Crippen LogP contribution in [-0.2, 0) is 17.6 Å². The zero-order valence-electron chi connectivity index (χ0n) is 7.73. The molecule has 74 valence electrons. The molecule has 1 N–H and O–H groups in total. The van der Waals surface area contributed by atoms with Crippen LogP contribution in [0.3, 0.4) is 0 Å². The van der Waals surface area contributed by atoms with Gasteiger partial charge in [-0.1, -0.05) is 6.92 Å². The molecule has 2 rings (SSSR count). The lowest BCUT2D eigenvalue weighted by atomic mass is 10.3. The van der Waals surface area contributed by atoms with Gasteiger partial charge in [-0.25, -0.2) is 4.98 Å². The molecular weight excluding hydrogens is 200 g/mol. The van der Waals surface area contributed by atoms with Crippen molar-refractivity contribution in [3.05, 3.63) is 23.0 Å². The number of aliphatic carboxylic acids is 1. The van der Waals surface area contributed by atoms with E-state index in [1.54, 1.807) is 17.5 Å². The summed E-state index contributed by atoms with van der Waals surface area (Å²) in [5.74, 6) is -0.839. The van der Waals surface area contributed by atoms with Crippen LogP contribution in [0.1, 0.15) is 18.3 Å². The van der Waals surface area contributed by atoms with Crippen molar-refractivity contribution >= 4 is 22.3 Å². The lowest BCUT2D eigenvalue weighted by Crippen LogP contribution is -1.99. The van der Waals surface area contributed by atoms with E-state index in [2.05, 4.69) is 11.9 Å². The first kappa shape index (κ1) is 9.21. The Bertz CT molecular complexity index is 472. The van der Waals surface area contributed by atoms with Gasteiger partial charge in [0.2, 0.25) is 0 Å². The molecule has 0 fully saturated rings. The van der Waals surface area contributed by atoms with Crippen LogP contribution in [0.4, 0.5) is 0 Å². The topological polar surface area (TPSA) is 54.6 Å². The van der Waals surface area contributed by atoms with Gasteiger partial charge in [-0.05, 0) is 6.42 Å². The van der Waals surface area contributed by atoms with Crippen LogP contribution in [0.5, 0.6) is 0 Å². The van der Waals surface area contributed by atoms with E-state index in [0.717, 1.165) is 11.4 Å². The number of hydrogen-bond acceptors (Lipinski definition) is 3. The maximum atomic E-state index is 10.5. The zero-order valence-corrected chi connectivity index (χ0v) is 8.54. The summed E-state index contributed by atoms with van der Waals surface area (Å²) in [5.41, 5.74) is 1.80. The summed E-state index contributed by atoms with van der Waals surface area (Å²) in [5, 5.41) is 10.7. The largest absolute Gasteiger partial charge is 0.481 e. The predicted octanol–water partition coefficient (Wildman–Crippen LogP) is 1.59. The average molecular weight is 210 g/mol. The second kappa shape index (κ2) is 3.42. The number of carbonyl (C=O) groups is 1. The standard InChI is InChI=1S/C9H10N2O2S/c1-2-7-5-14-9-10-6(3-8(12)13)4-11(7)9/h4-5H,2-3H2,1H3,(H,12,13). The summed E-state index contributed by atoms with van der Waals surface area (Å²) in [6.45, 7) is 2.07. The molecule has 4 nitrogen and oxygen atoms in total. The molecule has 0 aromatic carbocycles. The third-order valence-electron chi connectivity index (χ3n) is 2.03. The molecule has 2 heterocycles. The Hall–Kier alpha value is -1.36. The molecule has 0 saturated carbocycles. The van der Waals surface area contributed by atoms with E-state index < -0.39 is 5.97 Å². The minimum Gasteiger partial charge on any atom is -0.481 e. The lowest BCUT2D eigenvalue weighted by molar-refractivity contribution is -0.136. The van der Waals surface area contributed by atoms with Gasteiger partial charge in [0.25, 0.3) is 0 Å². The molecule has 0 aliphatic rings. The Labute approximate surface area is 84.8 Å². The fraction of sp³-hybridized carbons (Fsp3) is 0.333. The van der Waals surface area contributed by atoms with Crippen molar-refractivity contribution in [2.75, 3.05) is 0 Å². The number of aryl methyl sites for hydroxylation is 1. The first-order valence-electron chi connectivity index (χ1n) is 4.37. The minimum atomic E-state index is -0.839. The molecule has 0 aliphatic carbocycles. The van der Waals surface area contributed by atoms with Crippen molar-refractivity contribution in [1.29, 1.82) is 0 Å². The SMILES string of the molecule is CCc1csc2nc(CC(=O)O)cn12. The fourth-order valence-electron chi connectivity index (χ4n) is 1.37. The first-order chi connectivity index (χ1) is 6.70. The number of carboxylic acid groups (broad SMARTS) is 1. The molecule has 0 atom stereocenters. The first-order valence-corrected chi connectivity index (χ1v) is 5.24. The molecule has 0 unspecified atom stereocenters. The zero-order chi connectivity index (χ0) is 10.1. The molecule has 0 spiro atoms. The Morgan fingerprint density at radius 1 is 1.71 bits per heavy atom. The summed E-state index contributed by atoms with van der Waals surface area (Å²) in [4.78, 5) is 15.6. The van der Waals surface area contributed by atoms with Crippen molar-refractivity contribution in [3.8, 4) is 0 Å². The molecular formula is C9H10N2O2S. The highest BCUT2D eigenvalue weighted by atomic mass is 32.1. The highest BCUT2D eigenvalue weighted by molar-refractivity contribution is 7.15. The van der Waals surface area contributed by atoms with E-state index in [-0.39, 0.29) is 6.42 Å². The van der Waals surface area contributed by atoms with Crippen LogP contribution in [0, 0.1) is 0 Å². The van der Waals surface area contributed by atoms with Gasteiger partial charge in [0.1, 0.15) is 0 Å². The van der Waals surface area contributed by atoms with Gasteiger partial charge in [0, 0.05) is 17.3 Å². The molecule has 0 radical (unpaired) electrons. The van der Waals surface area contributed by atoms with Crippen molar-refractivity contribution in [2.24, 2.45) is 0 Å². The normalized spacial score (nSPS) is 10.9. The van der Waals surface area contributed by atoms with Gasteiger partial charge in [-0.15, -0.1) is 11.3 Å². The van der Waals surface area contributed by atoms with Crippen molar-refractivity contribution in [3.63, 3.8) is 0 Å². The Balaban J connectivity index is 2.41. The van der Waals surface area contributed by atoms with Crippen molar-refractivity contribution in [1.82, 2.24) is 9.38 Å². The summed E-state index contributed by atoms with van der Waals surface area (Å²) in [6.07, 6.45) is 2.74. The highest BCUT2D eigenvalue weighted by Gasteiger charge is 2.08. The Kier molecular flexibility index (Phi) is 2.25. The molecule has 14 heavy (non-hydrogen) atoms.